The van der Waals surface area contributed by atoms with E-state index in [1.54, 1.807) is 20.2 Å². The van der Waals surface area contributed by atoms with E-state index < -0.39 is 64.4 Å². The molecule has 0 spiro atoms. The second-order valence-electron chi connectivity index (χ2n) is 10.1. The molecule has 2 fully saturated rings. The Morgan fingerprint density at radius 1 is 1.12 bits per heavy atom. The molecule has 0 saturated heterocycles. The van der Waals surface area contributed by atoms with Gasteiger partial charge < -0.3 is 20.8 Å². The Labute approximate surface area is 196 Å². The monoisotopic (exact) mass is 471 g/mol. The lowest BCUT2D eigenvalue weighted by molar-refractivity contribution is -0.181. The minimum absolute atomic E-state index is 0.0194. The Hall–Kier alpha value is -2.95. The highest BCUT2D eigenvalue weighted by molar-refractivity contribution is 6.32. The van der Waals surface area contributed by atoms with Crippen molar-refractivity contribution in [1.82, 2.24) is 9.80 Å². The van der Waals surface area contributed by atoms with Crippen molar-refractivity contribution < 1.29 is 34.2 Å². The number of fused-ring (bicyclic) bond motifs is 3. The van der Waals surface area contributed by atoms with Gasteiger partial charge in [-0.1, -0.05) is 6.07 Å². The molecule has 10 nitrogen and oxygen atoms in total. The summed E-state index contributed by atoms with van der Waals surface area (Å²) >= 11 is 0. The number of nitrogens with two attached hydrogens (primary N) is 1. The van der Waals surface area contributed by atoms with Crippen molar-refractivity contribution in [2.75, 3.05) is 28.2 Å². The number of ketones is 4. The van der Waals surface area contributed by atoms with Crippen molar-refractivity contribution in [2.24, 2.45) is 29.4 Å². The van der Waals surface area contributed by atoms with E-state index in [0.717, 1.165) is 5.56 Å². The first-order valence-electron chi connectivity index (χ1n) is 11.1. The maximum Gasteiger partial charge on any atom is 0.235 e. The summed E-state index contributed by atoms with van der Waals surface area (Å²) in [5, 5.41) is 22.0. The fourth-order valence-corrected chi connectivity index (χ4v) is 6.16. The Morgan fingerprint density at radius 2 is 1.76 bits per heavy atom. The summed E-state index contributed by atoms with van der Waals surface area (Å²) in [6.07, 6.45) is 0.310. The number of phenols is 1. The average molecular weight is 472 g/mol. The van der Waals surface area contributed by atoms with Crippen molar-refractivity contribution in [3.63, 3.8) is 0 Å². The molecule has 3 aliphatic rings. The topological polar surface area (TPSA) is 158 Å². The number of phenolic OH excluding ortho intramolecular Hbond substituents is 1. The summed E-state index contributed by atoms with van der Waals surface area (Å²) in [4.78, 5) is 68.9. The Bertz CT molecular complexity index is 1130. The maximum atomic E-state index is 13.7. The van der Waals surface area contributed by atoms with Crippen molar-refractivity contribution >= 4 is 29.0 Å². The number of likely N-dealkylation sites (N-methyl/N-ethyl adjacent to an activating group) is 1. The number of nitrogens with zero attached hydrogens (tertiary/aromatic N) is 2. The number of amides is 1. The molecular formula is C24H29N3O7. The molecular weight excluding hydrogens is 442 g/mol. The number of benzene rings is 1. The van der Waals surface area contributed by atoms with E-state index in [-0.39, 0.29) is 24.2 Å². The number of carbonyl (C=O) groups excluding carboxylic acids is 5. The van der Waals surface area contributed by atoms with Crippen LogP contribution >= 0.6 is 0 Å². The van der Waals surface area contributed by atoms with Crippen molar-refractivity contribution in [2.45, 2.75) is 31.0 Å². The van der Waals surface area contributed by atoms with Crippen LogP contribution in [0, 0.1) is 23.7 Å². The molecule has 4 N–H and O–H groups in total. The van der Waals surface area contributed by atoms with Crippen LogP contribution in [-0.4, -0.2) is 88.9 Å². The zero-order chi connectivity index (χ0) is 25.3. The lowest BCUT2D eigenvalue weighted by atomic mass is 9.52. The first kappa shape index (κ1) is 24.2. The molecule has 0 aliphatic heterocycles. The van der Waals surface area contributed by atoms with Gasteiger partial charge in [0.2, 0.25) is 5.91 Å². The van der Waals surface area contributed by atoms with Crippen LogP contribution in [-0.2, 0) is 32.1 Å². The van der Waals surface area contributed by atoms with Crippen molar-refractivity contribution in [1.29, 1.82) is 0 Å². The third-order valence-corrected chi connectivity index (χ3v) is 7.53. The number of hydrogen-bond acceptors (Lipinski definition) is 9. The third-order valence-electron chi connectivity index (χ3n) is 7.53. The van der Waals surface area contributed by atoms with Gasteiger partial charge in [0, 0.05) is 12.5 Å². The lowest BCUT2D eigenvalue weighted by Gasteiger charge is -2.52. The molecule has 2 saturated carbocycles. The maximum absolute atomic E-state index is 13.7. The van der Waals surface area contributed by atoms with E-state index in [0.29, 0.717) is 12.1 Å². The molecule has 1 aromatic carbocycles. The van der Waals surface area contributed by atoms with Crippen molar-refractivity contribution in [3.05, 3.63) is 28.8 Å². The summed E-state index contributed by atoms with van der Waals surface area (Å²) < 4.78 is 0. The predicted octanol–water partition coefficient (Wildman–Crippen LogP) is -1.07. The number of aliphatic hydroxyl groups is 1. The van der Waals surface area contributed by atoms with Gasteiger partial charge in [0.05, 0.1) is 17.5 Å². The van der Waals surface area contributed by atoms with E-state index in [1.807, 2.05) is 19.0 Å². The Morgan fingerprint density at radius 3 is 2.32 bits per heavy atom. The van der Waals surface area contributed by atoms with E-state index >= 15 is 0 Å². The molecule has 1 aromatic rings. The average Bonchev–Trinajstić information content (AvgIpc) is 2.72. The van der Waals surface area contributed by atoms with Crippen LogP contribution in [0.2, 0.25) is 0 Å². The quantitative estimate of drug-likeness (QED) is 0.465. The van der Waals surface area contributed by atoms with E-state index in [2.05, 4.69) is 0 Å². The van der Waals surface area contributed by atoms with Crippen LogP contribution in [0.5, 0.6) is 5.75 Å². The standard InChI is InChI=1S/C24H29N3O7/c1-26(2)9-10-5-6-14(28)16-12(10)7-11-8-13-18(27(3)4)20(30)17(23(25)33)22(32)24(13,34)21(31)15(11)19(16)29/h5-6,11,13,15,17-18,28,34H,7-9H2,1-4H3,(H2,25,33)/t11-,13-,15?,17?,18-,24-/m0/s1. The highest BCUT2D eigenvalue weighted by Gasteiger charge is 2.69. The van der Waals surface area contributed by atoms with Gasteiger partial charge in [-0.3, -0.25) is 28.9 Å². The molecule has 1 amide bonds. The number of rotatable bonds is 4. The summed E-state index contributed by atoms with van der Waals surface area (Å²) in [5.74, 6) is -10.3. The largest absolute Gasteiger partial charge is 0.507 e. The molecule has 34 heavy (non-hydrogen) atoms. The van der Waals surface area contributed by atoms with Crippen molar-refractivity contribution in [3.8, 4) is 5.75 Å². The number of primary amides is 1. The molecule has 182 valence electrons. The summed E-state index contributed by atoms with van der Waals surface area (Å²) in [5.41, 5.74) is 4.08. The molecule has 4 rings (SSSR count). The van der Waals surface area contributed by atoms with Gasteiger partial charge in [-0.15, -0.1) is 0 Å². The fourth-order valence-electron chi connectivity index (χ4n) is 6.16. The van der Waals surface area contributed by atoms with Crippen LogP contribution in [0.25, 0.3) is 0 Å². The zero-order valence-electron chi connectivity index (χ0n) is 19.6. The van der Waals surface area contributed by atoms with Crippen LogP contribution in [0.3, 0.4) is 0 Å². The highest BCUT2D eigenvalue weighted by Crippen LogP contribution is 2.51. The van der Waals surface area contributed by atoms with Gasteiger partial charge in [-0.2, -0.15) is 0 Å². The molecule has 0 aromatic heterocycles. The smallest absolute Gasteiger partial charge is 0.235 e. The highest BCUT2D eigenvalue weighted by atomic mass is 16.3. The van der Waals surface area contributed by atoms with Crippen LogP contribution in [0.4, 0.5) is 0 Å². The third kappa shape index (κ3) is 3.24. The number of Topliss-reactive ketones (excluding diaryl/α,β-unsaturated/α-hetero) is 4. The molecule has 0 radical (unpaired) electrons. The van der Waals surface area contributed by atoms with Crippen LogP contribution in [0.1, 0.15) is 27.9 Å². The van der Waals surface area contributed by atoms with Gasteiger partial charge in [-0.25, -0.2) is 0 Å². The number of hydrogen-bond donors (Lipinski definition) is 3. The summed E-state index contributed by atoms with van der Waals surface area (Å²) in [6.45, 7) is 0.506. The zero-order valence-corrected chi connectivity index (χ0v) is 19.6. The Balaban J connectivity index is 1.86. The first-order chi connectivity index (χ1) is 15.8. The summed E-state index contributed by atoms with van der Waals surface area (Å²) in [6, 6.07) is 2.03. The predicted molar refractivity (Wildman–Crippen MR) is 119 cm³/mol. The minimum Gasteiger partial charge on any atom is -0.507 e. The summed E-state index contributed by atoms with van der Waals surface area (Å²) in [7, 11) is 6.85. The lowest BCUT2D eigenvalue weighted by Crippen LogP contribution is -2.74. The second kappa shape index (κ2) is 8.07. The first-order valence-corrected chi connectivity index (χ1v) is 11.1. The molecule has 2 unspecified atom stereocenters. The molecule has 10 heteroatoms. The van der Waals surface area contributed by atoms with Crippen LogP contribution < -0.4 is 5.73 Å². The number of aromatic hydroxyl groups is 1. The van der Waals surface area contributed by atoms with Gasteiger partial charge >= 0.3 is 0 Å². The van der Waals surface area contributed by atoms with Crippen LogP contribution in [0.15, 0.2) is 12.1 Å². The van der Waals surface area contributed by atoms with E-state index in [1.165, 1.54) is 11.0 Å². The normalized spacial score (nSPS) is 33.1. The fraction of sp³-hybridized carbons (Fsp3) is 0.542. The van der Waals surface area contributed by atoms with E-state index in [4.69, 9.17) is 5.73 Å². The second-order valence-corrected chi connectivity index (χ2v) is 10.1. The SMILES string of the molecule is CN(C)Cc1ccc(O)c2c1C[C@H]1C[C@H]3[C@H](N(C)C)C(=O)C(C(N)=O)C(=O)[C@@]3(O)C(=O)C1C2=O. The minimum atomic E-state index is -2.70. The Kier molecular flexibility index (Phi) is 5.74. The van der Waals surface area contributed by atoms with Gasteiger partial charge in [-0.05, 0) is 64.1 Å². The molecule has 0 heterocycles. The van der Waals surface area contributed by atoms with Gasteiger partial charge in [0.25, 0.3) is 0 Å². The van der Waals surface area contributed by atoms with E-state index in [9.17, 15) is 34.2 Å². The van der Waals surface area contributed by atoms with Gasteiger partial charge in [0.1, 0.15) is 5.75 Å². The number of carbonyl (C=O) groups is 5. The van der Waals surface area contributed by atoms with Gasteiger partial charge in [0.15, 0.2) is 34.7 Å². The molecule has 3 aliphatic carbocycles. The molecule has 6 atom stereocenters. The molecule has 0 bridgehead atoms.